The van der Waals surface area contributed by atoms with Gasteiger partial charge in [-0.2, -0.15) is 0 Å². The molecule has 0 rings (SSSR count). The van der Waals surface area contributed by atoms with Crippen molar-refractivity contribution in [1.29, 1.82) is 0 Å². The molecular weight excluding hydrogens is 200 g/mol. The Kier molecular flexibility index (Phi) is 7.52. The maximum absolute atomic E-state index is 10.5. The Balaban J connectivity index is 4.73. The third kappa shape index (κ3) is 4.60. The molecule has 1 N–H and O–H groups in total. The number of hydrogen-bond donors (Lipinski definition) is 1. The predicted molar refractivity (Wildman–Crippen MR) is 69.3 cm³/mol. The summed E-state index contributed by atoms with van der Waals surface area (Å²) in [4.78, 5) is 0. The molecule has 0 aliphatic heterocycles. The zero-order chi connectivity index (χ0) is 12.4. The van der Waals surface area contributed by atoms with Crippen LogP contribution in [0.1, 0.15) is 19.3 Å². The molecule has 0 aromatic carbocycles. The molecule has 16 heavy (non-hydrogen) atoms. The second-order valence-corrected chi connectivity index (χ2v) is 3.72. The summed E-state index contributed by atoms with van der Waals surface area (Å²) in [5, 5.41) is 10.5. The van der Waals surface area contributed by atoms with E-state index in [1.165, 1.54) is 0 Å². The van der Waals surface area contributed by atoms with Gasteiger partial charge in [0, 0.05) is 0 Å². The van der Waals surface area contributed by atoms with E-state index in [9.17, 15) is 5.11 Å². The average molecular weight is 222 g/mol. The highest BCUT2D eigenvalue weighted by Crippen LogP contribution is 2.26. The molecule has 0 saturated carbocycles. The van der Waals surface area contributed by atoms with Crippen LogP contribution < -0.4 is 0 Å². The van der Waals surface area contributed by atoms with Crippen LogP contribution in [0.3, 0.4) is 0 Å². The van der Waals surface area contributed by atoms with Crippen LogP contribution >= 0.6 is 0 Å². The van der Waals surface area contributed by atoms with Crippen molar-refractivity contribution in [2.24, 2.45) is 0 Å². The summed E-state index contributed by atoms with van der Waals surface area (Å²) in [6.45, 7) is 15.0. The Morgan fingerprint density at radius 2 is 1.56 bits per heavy atom. The van der Waals surface area contributed by atoms with E-state index in [0.29, 0.717) is 25.9 Å². The number of aliphatic hydroxyl groups is 1. The van der Waals surface area contributed by atoms with Gasteiger partial charge in [-0.15, -0.1) is 26.3 Å². The quantitative estimate of drug-likeness (QED) is 0.576. The zero-order valence-electron chi connectivity index (χ0n) is 9.90. The molecule has 0 saturated heterocycles. The van der Waals surface area contributed by atoms with E-state index in [0.717, 1.165) is 0 Å². The molecule has 1 atom stereocenters. The summed E-state index contributed by atoms with van der Waals surface area (Å²) in [6.07, 6.45) is 8.01. The van der Waals surface area contributed by atoms with E-state index in [-0.39, 0.29) is 6.10 Å². The van der Waals surface area contributed by atoms with Gasteiger partial charge >= 0.3 is 0 Å². The summed E-state index contributed by atoms with van der Waals surface area (Å²) in [5.41, 5.74) is -0.958. The number of hydrogen-bond acceptors (Lipinski definition) is 2. The minimum atomic E-state index is -0.958. The van der Waals surface area contributed by atoms with Gasteiger partial charge in [0.15, 0.2) is 0 Å². The Morgan fingerprint density at radius 1 is 1.00 bits per heavy atom. The fourth-order valence-electron chi connectivity index (χ4n) is 1.62. The van der Waals surface area contributed by atoms with Crippen LogP contribution in [0.2, 0.25) is 0 Å². The van der Waals surface area contributed by atoms with Crippen LogP contribution in [0.4, 0.5) is 0 Å². The Hall–Kier alpha value is -1.12. The Morgan fingerprint density at radius 3 is 1.94 bits per heavy atom. The van der Waals surface area contributed by atoms with Crippen molar-refractivity contribution < 1.29 is 9.84 Å². The summed E-state index contributed by atoms with van der Waals surface area (Å²) in [6, 6.07) is 0. The predicted octanol–water partition coefficient (Wildman–Crippen LogP) is 3.02. The van der Waals surface area contributed by atoms with Crippen molar-refractivity contribution in [1.82, 2.24) is 0 Å². The van der Waals surface area contributed by atoms with Gasteiger partial charge in [0.25, 0.3) is 0 Å². The molecule has 0 aromatic heterocycles. The highest BCUT2D eigenvalue weighted by Gasteiger charge is 2.34. The molecule has 0 heterocycles. The lowest BCUT2D eigenvalue weighted by molar-refractivity contribution is -0.0972. The molecule has 0 fully saturated rings. The fourth-order valence-corrected chi connectivity index (χ4v) is 1.62. The summed E-state index contributed by atoms with van der Waals surface area (Å²) < 4.78 is 5.57. The van der Waals surface area contributed by atoms with Crippen molar-refractivity contribution in [3.05, 3.63) is 50.6 Å². The van der Waals surface area contributed by atoms with Crippen molar-refractivity contribution in [2.45, 2.75) is 31.0 Å². The van der Waals surface area contributed by atoms with Gasteiger partial charge in [-0.05, 0) is 19.3 Å². The van der Waals surface area contributed by atoms with Gasteiger partial charge < -0.3 is 9.84 Å². The molecule has 0 radical (unpaired) electrons. The molecule has 90 valence electrons. The highest BCUT2D eigenvalue weighted by atomic mass is 16.5. The van der Waals surface area contributed by atoms with Crippen LogP contribution in [0.5, 0.6) is 0 Å². The van der Waals surface area contributed by atoms with E-state index in [2.05, 4.69) is 26.3 Å². The monoisotopic (exact) mass is 222 g/mol. The first-order valence-corrected chi connectivity index (χ1v) is 5.42. The standard InChI is InChI=1S/C14H22O2/c1-5-9-13(16-12-8-4)14(15,10-6-2)11-7-3/h5-8,13,15H,1-4,9-12H2/t13-/m0/s1. The third-order valence-corrected chi connectivity index (χ3v) is 2.39. The van der Waals surface area contributed by atoms with Gasteiger partial charge in [0.05, 0.1) is 18.3 Å². The summed E-state index contributed by atoms with van der Waals surface area (Å²) in [5.74, 6) is 0. The first-order valence-electron chi connectivity index (χ1n) is 5.42. The Bertz CT molecular complexity index is 233. The molecule has 0 aliphatic carbocycles. The first kappa shape index (κ1) is 14.9. The van der Waals surface area contributed by atoms with Gasteiger partial charge in [-0.25, -0.2) is 0 Å². The Labute approximate surface area is 98.6 Å². The molecule has 0 amide bonds. The van der Waals surface area contributed by atoms with Crippen molar-refractivity contribution in [3.63, 3.8) is 0 Å². The van der Waals surface area contributed by atoms with Crippen LogP contribution in [-0.4, -0.2) is 23.4 Å². The normalized spacial score (nSPS) is 12.8. The van der Waals surface area contributed by atoms with Crippen molar-refractivity contribution in [2.75, 3.05) is 6.61 Å². The van der Waals surface area contributed by atoms with E-state index in [4.69, 9.17) is 4.74 Å². The minimum Gasteiger partial charge on any atom is -0.387 e. The minimum absolute atomic E-state index is 0.306. The van der Waals surface area contributed by atoms with Gasteiger partial charge in [-0.3, -0.25) is 0 Å². The molecule has 0 unspecified atom stereocenters. The van der Waals surface area contributed by atoms with E-state index in [1.807, 2.05) is 0 Å². The topological polar surface area (TPSA) is 29.5 Å². The second-order valence-electron chi connectivity index (χ2n) is 3.72. The molecule has 0 bridgehead atoms. The van der Waals surface area contributed by atoms with Gasteiger partial charge in [0.1, 0.15) is 0 Å². The highest BCUT2D eigenvalue weighted by molar-refractivity contribution is 4.99. The number of rotatable bonds is 10. The molecule has 2 heteroatoms. The smallest absolute Gasteiger partial charge is 0.0979 e. The molecule has 0 aliphatic rings. The van der Waals surface area contributed by atoms with Crippen LogP contribution in [0.25, 0.3) is 0 Å². The fraction of sp³-hybridized carbons (Fsp3) is 0.429. The van der Waals surface area contributed by atoms with Gasteiger partial charge in [0.2, 0.25) is 0 Å². The summed E-state index contributed by atoms with van der Waals surface area (Å²) in [7, 11) is 0. The SMILES string of the molecule is C=CCO[C@@H](CC=C)C(O)(CC=C)CC=C. The van der Waals surface area contributed by atoms with Crippen LogP contribution in [0, 0.1) is 0 Å². The largest absolute Gasteiger partial charge is 0.387 e. The van der Waals surface area contributed by atoms with Crippen LogP contribution in [0.15, 0.2) is 50.6 Å². The van der Waals surface area contributed by atoms with E-state index in [1.54, 1.807) is 24.3 Å². The lowest BCUT2D eigenvalue weighted by Gasteiger charge is -2.34. The lowest BCUT2D eigenvalue weighted by Crippen LogP contribution is -2.43. The lowest BCUT2D eigenvalue weighted by atomic mass is 9.87. The number of ether oxygens (including phenoxy) is 1. The molecule has 0 aromatic rings. The zero-order valence-corrected chi connectivity index (χ0v) is 9.90. The molecule has 2 nitrogen and oxygen atoms in total. The average Bonchev–Trinajstić information content (AvgIpc) is 2.24. The molecular formula is C14H22O2. The van der Waals surface area contributed by atoms with Crippen molar-refractivity contribution in [3.8, 4) is 0 Å². The van der Waals surface area contributed by atoms with Crippen molar-refractivity contribution >= 4 is 0 Å². The maximum atomic E-state index is 10.5. The van der Waals surface area contributed by atoms with E-state index < -0.39 is 5.60 Å². The maximum Gasteiger partial charge on any atom is 0.0979 e. The van der Waals surface area contributed by atoms with Gasteiger partial charge in [-0.1, -0.05) is 24.3 Å². The summed E-state index contributed by atoms with van der Waals surface area (Å²) >= 11 is 0. The van der Waals surface area contributed by atoms with Crippen LogP contribution in [-0.2, 0) is 4.74 Å². The second kappa shape index (κ2) is 8.08. The third-order valence-electron chi connectivity index (χ3n) is 2.39. The van der Waals surface area contributed by atoms with E-state index >= 15 is 0 Å². The first-order chi connectivity index (χ1) is 7.64. The molecule has 0 spiro atoms.